The minimum absolute atomic E-state index is 0.0946. The van der Waals surface area contributed by atoms with Crippen LogP contribution in [0.2, 0.25) is 0 Å². The van der Waals surface area contributed by atoms with Crippen LogP contribution in [0.25, 0.3) is 11.5 Å². The van der Waals surface area contributed by atoms with E-state index in [1.54, 1.807) is 4.90 Å². The quantitative estimate of drug-likeness (QED) is 0.653. The molecule has 4 rings (SSSR count). The maximum absolute atomic E-state index is 13.4. The van der Waals surface area contributed by atoms with Crippen molar-refractivity contribution in [2.24, 2.45) is 5.73 Å². The van der Waals surface area contributed by atoms with Gasteiger partial charge in [0.1, 0.15) is 23.2 Å². The Hall–Kier alpha value is -3.33. The summed E-state index contributed by atoms with van der Waals surface area (Å²) in [5.41, 5.74) is 9.15. The highest BCUT2D eigenvalue weighted by Gasteiger charge is 2.34. The lowest BCUT2D eigenvalue weighted by atomic mass is 10.0. The Kier molecular flexibility index (Phi) is 5.45. The number of pyridine rings is 2. The summed E-state index contributed by atoms with van der Waals surface area (Å²) < 4.78 is 2.00. The van der Waals surface area contributed by atoms with Crippen molar-refractivity contribution in [2.75, 3.05) is 23.4 Å². The number of aryl methyl sites for hydroxylation is 1. The Balaban J connectivity index is 1.75. The molecule has 0 saturated heterocycles. The van der Waals surface area contributed by atoms with E-state index in [0.717, 1.165) is 36.0 Å². The predicted molar refractivity (Wildman–Crippen MR) is 120 cm³/mol. The first-order valence-electron chi connectivity index (χ1n) is 10.5. The first-order chi connectivity index (χ1) is 14.8. The zero-order chi connectivity index (χ0) is 22.3. The van der Waals surface area contributed by atoms with Crippen molar-refractivity contribution in [3.63, 3.8) is 0 Å². The molecule has 0 radical (unpaired) electrons. The molecule has 4 heterocycles. The monoisotopic (exact) mass is 420 g/mol. The Morgan fingerprint density at radius 1 is 1.23 bits per heavy atom. The zero-order valence-electron chi connectivity index (χ0n) is 18.6. The molecule has 9 heteroatoms. The first-order valence-corrected chi connectivity index (χ1v) is 10.5. The van der Waals surface area contributed by atoms with E-state index in [-0.39, 0.29) is 11.9 Å². The predicted octanol–water partition coefficient (Wildman–Crippen LogP) is 2.70. The third kappa shape index (κ3) is 3.54. The highest BCUT2D eigenvalue weighted by Crippen LogP contribution is 2.33. The highest BCUT2D eigenvalue weighted by molar-refractivity contribution is 6.10. The number of carbonyl (C=O) groups is 1. The second-order valence-electron chi connectivity index (χ2n) is 7.78. The molecule has 1 amide bonds. The van der Waals surface area contributed by atoms with E-state index >= 15 is 0 Å². The molecule has 2 N–H and O–H groups in total. The Labute approximate surface area is 181 Å². The second-order valence-corrected chi connectivity index (χ2v) is 7.78. The van der Waals surface area contributed by atoms with Gasteiger partial charge in [-0.05, 0) is 45.9 Å². The second kappa shape index (κ2) is 8.07. The van der Waals surface area contributed by atoms with Gasteiger partial charge in [0.15, 0.2) is 5.82 Å². The molecule has 3 aromatic rings. The smallest absolute Gasteiger partial charge is 0.260 e. The first kappa shape index (κ1) is 20.9. The van der Waals surface area contributed by atoms with Gasteiger partial charge in [-0.3, -0.25) is 9.69 Å². The molecule has 0 unspecified atom stereocenters. The van der Waals surface area contributed by atoms with Crippen molar-refractivity contribution in [1.82, 2.24) is 24.7 Å². The third-order valence-corrected chi connectivity index (χ3v) is 5.72. The largest absolute Gasteiger partial charge is 0.360 e. The van der Waals surface area contributed by atoms with Gasteiger partial charge in [-0.25, -0.2) is 9.97 Å². The van der Waals surface area contributed by atoms with Crippen molar-refractivity contribution in [3.05, 3.63) is 46.9 Å². The zero-order valence-corrected chi connectivity index (χ0v) is 18.6. The number of hydrogen-bond acceptors (Lipinski definition) is 7. The molecule has 1 aliphatic heterocycles. The average Bonchev–Trinajstić information content (AvgIpc) is 3.32. The fourth-order valence-electron chi connectivity index (χ4n) is 3.88. The molecule has 0 aromatic carbocycles. The maximum Gasteiger partial charge on any atom is 0.260 e. The van der Waals surface area contributed by atoms with Crippen LogP contribution in [0.15, 0.2) is 24.3 Å². The Morgan fingerprint density at radius 2 is 2.00 bits per heavy atom. The van der Waals surface area contributed by atoms with Crippen LogP contribution in [0, 0.1) is 6.92 Å². The number of nitrogens with zero attached hydrogens (tertiary/aromatic N) is 7. The molecule has 0 saturated carbocycles. The van der Waals surface area contributed by atoms with Gasteiger partial charge in [0.05, 0.1) is 17.8 Å². The topological polar surface area (TPSA) is 106 Å². The lowest BCUT2D eigenvalue weighted by Gasteiger charge is -2.19. The molecule has 1 atom stereocenters. The minimum Gasteiger partial charge on any atom is -0.360 e. The molecule has 9 nitrogen and oxygen atoms in total. The van der Waals surface area contributed by atoms with E-state index in [4.69, 9.17) is 15.7 Å². The lowest BCUT2D eigenvalue weighted by Crippen LogP contribution is -2.24. The summed E-state index contributed by atoms with van der Waals surface area (Å²) >= 11 is 0. The summed E-state index contributed by atoms with van der Waals surface area (Å²) in [6.07, 6.45) is 0. The molecule has 0 aliphatic carbocycles. The molecule has 1 aliphatic rings. The van der Waals surface area contributed by atoms with Crippen molar-refractivity contribution in [3.8, 4) is 11.5 Å². The summed E-state index contributed by atoms with van der Waals surface area (Å²) in [5.74, 6) is 2.74. The Morgan fingerprint density at radius 3 is 2.68 bits per heavy atom. The van der Waals surface area contributed by atoms with Gasteiger partial charge in [0.2, 0.25) is 0 Å². The van der Waals surface area contributed by atoms with Crippen molar-refractivity contribution in [1.29, 1.82) is 0 Å². The van der Waals surface area contributed by atoms with Gasteiger partial charge in [-0.15, -0.1) is 10.2 Å². The normalized spacial score (nSPS) is 14.1. The summed E-state index contributed by atoms with van der Waals surface area (Å²) in [4.78, 5) is 26.6. The van der Waals surface area contributed by atoms with E-state index in [9.17, 15) is 4.79 Å². The summed E-state index contributed by atoms with van der Waals surface area (Å²) in [6, 6.07) is 7.19. The molecule has 3 aromatic heterocycles. The van der Waals surface area contributed by atoms with Crippen molar-refractivity contribution >= 4 is 17.5 Å². The molecular formula is C22H28N8O. The van der Waals surface area contributed by atoms with E-state index in [2.05, 4.69) is 10.2 Å². The van der Waals surface area contributed by atoms with Crippen LogP contribution in [0.1, 0.15) is 54.3 Å². The van der Waals surface area contributed by atoms with Crippen LogP contribution in [0.3, 0.4) is 0 Å². The van der Waals surface area contributed by atoms with Crippen molar-refractivity contribution in [2.45, 2.75) is 46.8 Å². The van der Waals surface area contributed by atoms with Crippen LogP contribution in [0.5, 0.6) is 0 Å². The molecule has 0 spiro atoms. The van der Waals surface area contributed by atoms with E-state index in [1.807, 2.05) is 68.5 Å². The number of carbonyl (C=O) groups excluding carboxylic acids is 1. The third-order valence-electron chi connectivity index (χ3n) is 5.72. The van der Waals surface area contributed by atoms with Gasteiger partial charge in [-0.2, -0.15) is 0 Å². The number of anilines is 2. The van der Waals surface area contributed by atoms with Gasteiger partial charge >= 0.3 is 0 Å². The number of rotatable bonds is 6. The highest BCUT2D eigenvalue weighted by atomic mass is 16.2. The van der Waals surface area contributed by atoms with Gasteiger partial charge in [-0.1, -0.05) is 6.07 Å². The van der Waals surface area contributed by atoms with Gasteiger partial charge in [0.25, 0.3) is 5.91 Å². The van der Waals surface area contributed by atoms with Crippen LogP contribution < -0.4 is 15.5 Å². The molecule has 0 bridgehead atoms. The minimum atomic E-state index is -0.280. The summed E-state index contributed by atoms with van der Waals surface area (Å²) in [5, 5.41) is 8.44. The number of aromatic nitrogens is 5. The van der Waals surface area contributed by atoms with Crippen LogP contribution >= 0.6 is 0 Å². The fraction of sp³-hybridized carbons (Fsp3) is 0.409. The number of hydrogen-bond donors (Lipinski definition) is 1. The lowest BCUT2D eigenvalue weighted by molar-refractivity contribution is 0.0996. The molecule has 0 fully saturated rings. The molecule has 31 heavy (non-hydrogen) atoms. The molecule has 162 valence electrons. The van der Waals surface area contributed by atoms with Crippen LogP contribution in [0.4, 0.5) is 11.6 Å². The van der Waals surface area contributed by atoms with Gasteiger partial charge < -0.3 is 15.2 Å². The Bertz CT molecular complexity index is 1140. The maximum atomic E-state index is 13.4. The average molecular weight is 421 g/mol. The molecular weight excluding hydrogens is 392 g/mol. The van der Waals surface area contributed by atoms with E-state index < -0.39 is 0 Å². The van der Waals surface area contributed by atoms with E-state index in [0.29, 0.717) is 29.4 Å². The van der Waals surface area contributed by atoms with E-state index in [1.165, 1.54) is 0 Å². The summed E-state index contributed by atoms with van der Waals surface area (Å²) in [6.45, 7) is 9.80. The number of fused-ring (bicyclic) bond motifs is 1. The SMILES string of the molecule is CCN(C)c1cc2c(c([C@@H](C)N)n1)CN(c1cccc(-c3nnc(C)n3CC)n1)C2=O. The van der Waals surface area contributed by atoms with Crippen LogP contribution in [-0.2, 0) is 13.1 Å². The number of nitrogens with two attached hydrogens (primary N) is 1. The fourth-order valence-corrected chi connectivity index (χ4v) is 3.88. The standard InChI is InChI=1S/C22H28N8O/c1-6-28(5)19-11-15-16(20(25-19)13(3)23)12-30(22(15)31)18-10-8-9-17(24-18)21-27-26-14(4)29(21)7-2/h8-11,13H,6-7,12,23H2,1-5H3/t13-/m1/s1. The van der Waals surface area contributed by atoms with Crippen LogP contribution in [-0.4, -0.2) is 44.2 Å². The number of amides is 1. The van der Waals surface area contributed by atoms with Crippen molar-refractivity contribution < 1.29 is 4.79 Å². The summed E-state index contributed by atoms with van der Waals surface area (Å²) in [7, 11) is 1.95. The van der Waals surface area contributed by atoms with Gasteiger partial charge in [0, 0.05) is 31.7 Å².